The van der Waals surface area contributed by atoms with Crippen LogP contribution in [0.3, 0.4) is 0 Å². The van der Waals surface area contributed by atoms with E-state index in [2.05, 4.69) is 20.6 Å². The van der Waals surface area contributed by atoms with Crippen molar-refractivity contribution in [1.29, 1.82) is 0 Å². The van der Waals surface area contributed by atoms with E-state index in [9.17, 15) is 9.59 Å². The van der Waals surface area contributed by atoms with Gasteiger partial charge in [0.2, 0.25) is 0 Å². The van der Waals surface area contributed by atoms with Gasteiger partial charge in [-0.25, -0.2) is 9.78 Å². The first-order valence-electron chi connectivity index (χ1n) is 13.7. The number of ether oxygens (including phenoxy) is 6. The number of hydrogen-bond acceptors (Lipinski definition) is 10. The van der Waals surface area contributed by atoms with Crippen molar-refractivity contribution in [2.75, 3.05) is 39.4 Å². The Morgan fingerprint density at radius 1 is 1.02 bits per heavy atom. The second kappa shape index (κ2) is 13.9. The minimum atomic E-state index is -0.725. The number of fused-ring (bicyclic) bond motifs is 1. The fourth-order valence-corrected chi connectivity index (χ4v) is 4.53. The van der Waals surface area contributed by atoms with Gasteiger partial charge >= 0.3 is 6.03 Å². The molecular weight excluding hydrogens is 558 g/mol. The van der Waals surface area contributed by atoms with Crippen LogP contribution in [0.25, 0.3) is 10.9 Å². The highest BCUT2D eigenvalue weighted by atomic mass is 16.7. The number of hydrogen-bond donors (Lipinski definition) is 2. The Morgan fingerprint density at radius 2 is 1.88 bits per heavy atom. The molecule has 0 aliphatic carbocycles. The largest absolute Gasteiger partial charge is 0.494 e. The first-order chi connectivity index (χ1) is 20.9. The second-order valence-electron chi connectivity index (χ2n) is 9.61. The molecule has 1 atom stereocenters. The van der Waals surface area contributed by atoms with Gasteiger partial charge in [-0.05, 0) is 43.5 Å². The highest BCUT2D eigenvalue weighted by Crippen LogP contribution is 2.38. The molecule has 13 heteroatoms. The van der Waals surface area contributed by atoms with E-state index in [1.54, 1.807) is 56.8 Å². The zero-order valence-electron chi connectivity index (χ0n) is 24.1. The number of aromatic nitrogens is 3. The number of aryl methyl sites for hydroxylation is 1. The van der Waals surface area contributed by atoms with Gasteiger partial charge in [0.15, 0.2) is 17.8 Å². The van der Waals surface area contributed by atoms with Crippen LogP contribution < -0.4 is 29.6 Å². The van der Waals surface area contributed by atoms with Gasteiger partial charge in [-0.15, -0.1) is 0 Å². The van der Waals surface area contributed by atoms with Crippen molar-refractivity contribution in [1.82, 2.24) is 19.9 Å². The monoisotopic (exact) mass is 591 g/mol. The van der Waals surface area contributed by atoms with Crippen molar-refractivity contribution in [2.45, 2.75) is 25.6 Å². The molecule has 0 radical (unpaired) electrons. The maximum atomic E-state index is 12.5. The highest BCUT2D eigenvalue weighted by molar-refractivity contribution is 6.07. The summed E-state index contributed by atoms with van der Waals surface area (Å²) in [5, 5.41) is 5.58. The van der Waals surface area contributed by atoms with Gasteiger partial charge in [0.25, 0.3) is 5.91 Å². The number of nitrogens with zero attached hydrogens (tertiary/aromatic N) is 3. The Kier molecular flexibility index (Phi) is 9.54. The lowest BCUT2D eigenvalue weighted by molar-refractivity contribution is -0.165. The standard InChI is InChI=1S/C30H33N5O8/c1-35-18-31-17-23(35)29(36)34-30(37)33-21-8-7-19(14-25(21)38-2)43-24-9-10-32-22-16-27(26(39-3)15-20(22)24)40-12-13-42-28-6-4-5-11-41-28/h7-10,14-18,28H,4-6,11-13H2,1-3H3,(H2,33,34,36,37)/t28-/m0/s1. The van der Waals surface area contributed by atoms with Crippen molar-refractivity contribution in [3.05, 3.63) is 60.8 Å². The molecule has 0 unspecified atom stereocenters. The molecule has 5 rings (SSSR count). The SMILES string of the molecule is COc1cc(Oc2ccnc3cc(OCCO[C@H]4CCCCO4)c(OC)cc23)ccc1NC(=O)NC(=O)c1cncn1C. The summed E-state index contributed by atoms with van der Waals surface area (Å²) in [5.41, 5.74) is 1.22. The molecule has 13 nitrogen and oxygen atoms in total. The minimum absolute atomic E-state index is 0.181. The third-order valence-corrected chi connectivity index (χ3v) is 6.69. The average molecular weight is 592 g/mol. The number of amides is 3. The average Bonchev–Trinajstić information content (AvgIpc) is 3.46. The Labute approximate surface area is 248 Å². The van der Waals surface area contributed by atoms with Crippen molar-refractivity contribution in [3.63, 3.8) is 0 Å². The summed E-state index contributed by atoms with van der Waals surface area (Å²) in [6, 6.07) is 9.49. The lowest BCUT2D eigenvalue weighted by Crippen LogP contribution is -2.35. The Balaban J connectivity index is 1.25. The van der Waals surface area contributed by atoms with E-state index in [1.165, 1.54) is 24.2 Å². The third kappa shape index (κ3) is 7.31. The van der Waals surface area contributed by atoms with E-state index in [-0.39, 0.29) is 12.0 Å². The summed E-state index contributed by atoms with van der Waals surface area (Å²) in [4.78, 5) is 33.1. The van der Waals surface area contributed by atoms with Gasteiger partial charge in [0.05, 0.1) is 44.6 Å². The molecule has 0 bridgehead atoms. The number of benzene rings is 2. The molecule has 226 valence electrons. The van der Waals surface area contributed by atoms with E-state index in [4.69, 9.17) is 28.4 Å². The molecule has 3 heterocycles. The van der Waals surface area contributed by atoms with Crippen molar-refractivity contribution < 1.29 is 38.0 Å². The lowest BCUT2D eigenvalue weighted by atomic mass is 10.1. The Hall–Kier alpha value is -4.88. The number of anilines is 1. The number of imide groups is 1. The summed E-state index contributed by atoms with van der Waals surface area (Å²) in [7, 11) is 4.68. The van der Waals surface area contributed by atoms with E-state index >= 15 is 0 Å². The molecule has 1 aliphatic heterocycles. The van der Waals surface area contributed by atoms with Crippen LogP contribution in [0.15, 0.2) is 55.1 Å². The number of carbonyl (C=O) groups is 2. The second-order valence-corrected chi connectivity index (χ2v) is 9.61. The van der Waals surface area contributed by atoms with Gasteiger partial charge in [0.1, 0.15) is 29.5 Å². The van der Waals surface area contributed by atoms with E-state index in [1.807, 2.05) is 0 Å². The molecule has 43 heavy (non-hydrogen) atoms. The summed E-state index contributed by atoms with van der Waals surface area (Å²) >= 11 is 0. The van der Waals surface area contributed by atoms with Gasteiger partial charge in [-0.2, -0.15) is 0 Å². The molecule has 1 saturated heterocycles. The van der Waals surface area contributed by atoms with E-state index in [0.717, 1.165) is 25.9 Å². The normalized spacial score (nSPS) is 14.6. The van der Waals surface area contributed by atoms with Crippen molar-refractivity contribution in [2.24, 2.45) is 7.05 Å². The smallest absolute Gasteiger partial charge is 0.326 e. The van der Waals surface area contributed by atoms with Crippen molar-refractivity contribution >= 4 is 28.5 Å². The van der Waals surface area contributed by atoms with Gasteiger partial charge < -0.3 is 38.3 Å². The molecule has 1 aliphatic rings. The molecule has 3 amide bonds. The number of imidazole rings is 1. The number of carbonyl (C=O) groups excluding carboxylic acids is 2. The number of pyridine rings is 1. The molecule has 2 aromatic heterocycles. The molecule has 1 fully saturated rings. The van der Waals surface area contributed by atoms with Crippen LogP contribution in [-0.2, 0) is 16.5 Å². The molecular formula is C30H33N5O8. The minimum Gasteiger partial charge on any atom is -0.494 e. The Morgan fingerprint density at radius 3 is 2.63 bits per heavy atom. The number of urea groups is 1. The van der Waals surface area contributed by atoms with E-state index in [0.29, 0.717) is 58.6 Å². The molecule has 0 saturated carbocycles. The Bertz CT molecular complexity index is 1580. The quantitative estimate of drug-likeness (QED) is 0.236. The summed E-state index contributed by atoms with van der Waals surface area (Å²) < 4.78 is 36.0. The van der Waals surface area contributed by atoms with Crippen LogP contribution in [0.2, 0.25) is 0 Å². The van der Waals surface area contributed by atoms with Gasteiger partial charge in [-0.1, -0.05) is 0 Å². The molecule has 2 aromatic carbocycles. The molecule has 4 aromatic rings. The van der Waals surface area contributed by atoms with Crippen LogP contribution in [0.4, 0.5) is 10.5 Å². The maximum absolute atomic E-state index is 12.5. The number of nitrogens with one attached hydrogen (secondary N) is 2. The van der Waals surface area contributed by atoms with Crippen LogP contribution in [-0.4, -0.2) is 66.8 Å². The first-order valence-corrected chi connectivity index (χ1v) is 13.7. The van der Waals surface area contributed by atoms with Crippen LogP contribution in [0.1, 0.15) is 29.8 Å². The van der Waals surface area contributed by atoms with Crippen LogP contribution >= 0.6 is 0 Å². The van der Waals surface area contributed by atoms with Crippen molar-refractivity contribution in [3.8, 4) is 28.7 Å². The zero-order chi connectivity index (χ0) is 30.2. The zero-order valence-corrected chi connectivity index (χ0v) is 24.1. The molecule has 2 N–H and O–H groups in total. The summed E-state index contributed by atoms with van der Waals surface area (Å²) in [6.07, 6.45) is 7.34. The number of rotatable bonds is 11. The summed E-state index contributed by atoms with van der Waals surface area (Å²) in [5.74, 6) is 1.76. The van der Waals surface area contributed by atoms with Crippen LogP contribution in [0.5, 0.6) is 28.7 Å². The summed E-state index contributed by atoms with van der Waals surface area (Å²) in [6.45, 7) is 1.44. The third-order valence-electron chi connectivity index (χ3n) is 6.69. The fraction of sp³-hybridized carbons (Fsp3) is 0.333. The predicted molar refractivity (Wildman–Crippen MR) is 156 cm³/mol. The molecule has 0 spiro atoms. The first kappa shape index (κ1) is 29.6. The predicted octanol–water partition coefficient (Wildman–Crippen LogP) is 4.66. The van der Waals surface area contributed by atoms with Gasteiger partial charge in [-0.3, -0.25) is 15.1 Å². The lowest BCUT2D eigenvalue weighted by Gasteiger charge is -2.22. The number of methoxy groups -OCH3 is 2. The van der Waals surface area contributed by atoms with Crippen LogP contribution in [0, 0.1) is 0 Å². The van der Waals surface area contributed by atoms with Gasteiger partial charge in [0, 0.05) is 37.4 Å². The highest BCUT2D eigenvalue weighted by Gasteiger charge is 2.17. The fourth-order valence-electron chi connectivity index (χ4n) is 4.53. The topological polar surface area (TPSA) is 144 Å². The van der Waals surface area contributed by atoms with E-state index < -0.39 is 11.9 Å². The maximum Gasteiger partial charge on any atom is 0.326 e.